The molecule has 102 valence electrons. The second-order valence-corrected chi connectivity index (χ2v) is 7.16. The topological polar surface area (TPSA) is 61.2 Å². The Bertz CT molecular complexity index is 672. The molecule has 5 nitrogen and oxygen atoms in total. The van der Waals surface area contributed by atoms with E-state index in [-0.39, 0.29) is 4.90 Å². The van der Waals surface area contributed by atoms with Gasteiger partial charge in [0.25, 0.3) is 9.05 Å². The fraction of sp³-hybridized carbons (Fsp3) is 0.182. The zero-order valence-corrected chi connectivity index (χ0v) is 12.8. The average molecular weight is 366 g/mol. The highest BCUT2D eigenvalue weighted by molar-refractivity contribution is 9.10. The molecular formula is C11H10BrClN2O3S. The summed E-state index contributed by atoms with van der Waals surface area (Å²) in [7, 11) is 1.48. The van der Waals surface area contributed by atoms with Gasteiger partial charge < -0.3 is 4.74 Å². The van der Waals surface area contributed by atoms with Crippen LogP contribution in [0.3, 0.4) is 0 Å². The number of ether oxygens (including phenoxy) is 1. The number of aromatic nitrogens is 2. The number of halogens is 2. The van der Waals surface area contributed by atoms with Crippen molar-refractivity contribution in [3.05, 3.63) is 41.1 Å². The van der Waals surface area contributed by atoms with Gasteiger partial charge in [0.1, 0.15) is 17.3 Å². The molecular weight excluding hydrogens is 356 g/mol. The lowest BCUT2D eigenvalue weighted by atomic mass is 10.3. The Balaban J connectivity index is 1.91. The van der Waals surface area contributed by atoms with E-state index in [0.717, 1.165) is 10.2 Å². The van der Waals surface area contributed by atoms with E-state index in [1.165, 1.54) is 17.1 Å². The van der Waals surface area contributed by atoms with Gasteiger partial charge >= 0.3 is 0 Å². The second kappa shape index (κ2) is 5.94. The van der Waals surface area contributed by atoms with Crippen LogP contribution >= 0.6 is 26.6 Å². The molecule has 1 heterocycles. The van der Waals surface area contributed by atoms with E-state index in [0.29, 0.717) is 13.2 Å². The standard InChI is InChI=1S/C11H10BrClN2O3S/c12-9-2-1-3-10(6-9)18-5-4-15-8-11(7-14-15)19(13,16)17/h1-3,6-8H,4-5H2. The Morgan fingerprint density at radius 3 is 2.84 bits per heavy atom. The van der Waals surface area contributed by atoms with Crippen LogP contribution in [0.1, 0.15) is 0 Å². The quantitative estimate of drug-likeness (QED) is 0.764. The third-order valence-electron chi connectivity index (χ3n) is 2.28. The first kappa shape index (κ1) is 14.4. The normalized spacial score (nSPS) is 11.5. The number of benzene rings is 1. The first-order chi connectivity index (χ1) is 8.95. The fourth-order valence-corrected chi connectivity index (χ4v) is 2.44. The molecule has 0 aliphatic heterocycles. The summed E-state index contributed by atoms with van der Waals surface area (Å²) in [4.78, 5) is -0.0170. The van der Waals surface area contributed by atoms with Crippen molar-refractivity contribution in [1.82, 2.24) is 9.78 Å². The van der Waals surface area contributed by atoms with E-state index < -0.39 is 9.05 Å². The van der Waals surface area contributed by atoms with E-state index >= 15 is 0 Å². The molecule has 0 bridgehead atoms. The minimum absolute atomic E-state index is 0.0170. The summed E-state index contributed by atoms with van der Waals surface area (Å²) < 4.78 is 30.0. The van der Waals surface area contributed by atoms with Crippen LogP contribution in [0, 0.1) is 0 Å². The van der Waals surface area contributed by atoms with Crippen LogP contribution in [0.2, 0.25) is 0 Å². The molecule has 0 amide bonds. The van der Waals surface area contributed by atoms with Crippen molar-refractivity contribution in [3.63, 3.8) is 0 Å². The van der Waals surface area contributed by atoms with Crippen molar-refractivity contribution in [2.75, 3.05) is 6.61 Å². The van der Waals surface area contributed by atoms with Crippen molar-refractivity contribution in [2.45, 2.75) is 11.4 Å². The van der Waals surface area contributed by atoms with Gasteiger partial charge in [-0.05, 0) is 18.2 Å². The van der Waals surface area contributed by atoms with Crippen molar-refractivity contribution < 1.29 is 13.2 Å². The van der Waals surface area contributed by atoms with Crippen molar-refractivity contribution in [2.24, 2.45) is 0 Å². The minimum Gasteiger partial charge on any atom is -0.492 e. The zero-order chi connectivity index (χ0) is 13.9. The van der Waals surface area contributed by atoms with Gasteiger partial charge in [0.05, 0.1) is 12.7 Å². The largest absolute Gasteiger partial charge is 0.492 e. The monoisotopic (exact) mass is 364 g/mol. The van der Waals surface area contributed by atoms with Crippen LogP contribution in [0.25, 0.3) is 0 Å². The smallest absolute Gasteiger partial charge is 0.264 e. The van der Waals surface area contributed by atoms with Gasteiger partial charge in [-0.1, -0.05) is 22.0 Å². The predicted octanol–water partition coefficient (Wildman–Crippen LogP) is 2.65. The van der Waals surface area contributed by atoms with E-state index in [2.05, 4.69) is 21.0 Å². The molecule has 0 aliphatic carbocycles. The number of nitrogens with zero attached hydrogens (tertiary/aromatic N) is 2. The SMILES string of the molecule is O=S(=O)(Cl)c1cnn(CCOc2cccc(Br)c2)c1. The molecule has 2 aromatic rings. The Morgan fingerprint density at radius 2 is 2.21 bits per heavy atom. The molecule has 0 atom stereocenters. The summed E-state index contributed by atoms with van der Waals surface area (Å²) in [6.07, 6.45) is 2.58. The van der Waals surface area contributed by atoms with Crippen molar-refractivity contribution >= 4 is 35.7 Å². The van der Waals surface area contributed by atoms with Gasteiger partial charge in [0.2, 0.25) is 0 Å². The maximum atomic E-state index is 11.1. The maximum absolute atomic E-state index is 11.1. The molecule has 2 rings (SSSR count). The Labute approximate surface area is 123 Å². The van der Waals surface area contributed by atoms with Crippen LogP contribution in [0.15, 0.2) is 46.0 Å². The van der Waals surface area contributed by atoms with Crippen LogP contribution in [0.5, 0.6) is 5.75 Å². The van der Waals surface area contributed by atoms with E-state index in [9.17, 15) is 8.42 Å². The first-order valence-electron chi connectivity index (χ1n) is 5.30. The highest BCUT2D eigenvalue weighted by Gasteiger charge is 2.12. The molecule has 0 unspecified atom stereocenters. The molecule has 0 aliphatic rings. The van der Waals surface area contributed by atoms with E-state index in [1.54, 1.807) is 0 Å². The summed E-state index contributed by atoms with van der Waals surface area (Å²) in [5, 5.41) is 3.90. The molecule has 19 heavy (non-hydrogen) atoms. The third kappa shape index (κ3) is 4.22. The minimum atomic E-state index is -3.72. The Morgan fingerprint density at radius 1 is 1.42 bits per heavy atom. The number of rotatable bonds is 5. The summed E-state index contributed by atoms with van der Waals surface area (Å²) in [5.41, 5.74) is 0. The van der Waals surface area contributed by atoms with Crippen LogP contribution in [-0.4, -0.2) is 24.8 Å². The summed E-state index contributed by atoms with van der Waals surface area (Å²) >= 11 is 3.35. The lowest BCUT2D eigenvalue weighted by molar-refractivity contribution is 0.291. The van der Waals surface area contributed by atoms with Gasteiger partial charge in [0, 0.05) is 21.4 Å². The maximum Gasteiger partial charge on any atom is 0.264 e. The van der Waals surface area contributed by atoms with Crippen LogP contribution < -0.4 is 4.74 Å². The summed E-state index contributed by atoms with van der Waals surface area (Å²) in [5.74, 6) is 0.728. The van der Waals surface area contributed by atoms with Gasteiger partial charge in [-0.25, -0.2) is 8.42 Å². The highest BCUT2D eigenvalue weighted by Crippen LogP contribution is 2.18. The molecule has 0 fully saturated rings. The van der Waals surface area contributed by atoms with Gasteiger partial charge in [-0.3, -0.25) is 4.68 Å². The second-order valence-electron chi connectivity index (χ2n) is 3.68. The van der Waals surface area contributed by atoms with Crippen molar-refractivity contribution in [3.8, 4) is 5.75 Å². The summed E-state index contributed by atoms with van der Waals surface area (Å²) in [6, 6.07) is 7.45. The lowest BCUT2D eigenvalue weighted by Gasteiger charge is -2.06. The van der Waals surface area contributed by atoms with Crippen LogP contribution in [0.4, 0.5) is 0 Å². The Kier molecular flexibility index (Phi) is 4.49. The predicted molar refractivity (Wildman–Crippen MR) is 74.9 cm³/mol. The summed E-state index contributed by atoms with van der Waals surface area (Å²) in [6.45, 7) is 0.804. The van der Waals surface area contributed by atoms with Gasteiger partial charge in [0.15, 0.2) is 0 Å². The lowest BCUT2D eigenvalue weighted by Crippen LogP contribution is -2.08. The van der Waals surface area contributed by atoms with Gasteiger partial charge in [-0.15, -0.1) is 0 Å². The molecule has 8 heteroatoms. The van der Waals surface area contributed by atoms with Crippen LogP contribution in [-0.2, 0) is 15.6 Å². The first-order valence-corrected chi connectivity index (χ1v) is 8.41. The molecule has 0 radical (unpaired) electrons. The van der Waals surface area contributed by atoms with Gasteiger partial charge in [-0.2, -0.15) is 5.10 Å². The van der Waals surface area contributed by atoms with E-state index in [1.807, 2.05) is 24.3 Å². The Hall–Kier alpha value is -1.05. The molecule has 0 saturated carbocycles. The molecule has 0 N–H and O–H groups in total. The fourth-order valence-electron chi connectivity index (χ4n) is 1.41. The molecule has 0 spiro atoms. The zero-order valence-electron chi connectivity index (χ0n) is 9.66. The van der Waals surface area contributed by atoms with E-state index in [4.69, 9.17) is 15.4 Å². The van der Waals surface area contributed by atoms with Crippen molar-refractivity contribution in [1.29, 1.82) is 0 Å². The molecule has 0 saturated heterocycles. The molecule has 1 aromatic heterocycles. The highest BCUT2D eigenvalue weighted by atomic mass is 79.9. The third-order valence-corrected chi connectivity index (χ3v) is 4.08. The number of hydrogen-bond donors (Lipinski definition) is 0. The number of hydrogen-bond acceptors (Lipinski definition) is 4. The molecule has 1 aromatic carbocycles. The average Bonchev–Trinajstić information content (AvgIpc) is 2.77.